The summed E-state index contributed by atoms with van der Waals surface area (Å²) in [4.78, 5) is 4.27. The molecule has 0 saturated carbocycles. The minimum absolute atomic E-state index is 0.416. The lowest BCUT2D eigenvalue weighted by Gasteiger charge is -2.14. The molecule has 0 aliphatic carbocycles. The fourth-order valence-corrected chi connectivity index (χ4v) is 3.01. The Bertz CT molecular complexity index is 645. The molecule has 1 aliphatic rings. The first-order valence-electron chi connectivity index (χ1n) is 9.00. The van der Waals surface area contributed by atoms with Gasteiger partial charge >= 0.3 is 0 Å². The van der Waals surface area contributed by atoms with Gasteiger partial charge in [0.25, 0.3) is 0 Å². The molecule has 2 heterocycles. The zero-order valence-corrected chi connectivity index (χ0v) is 14.8. The van der Waals surface area contributed by atoms with E-state index in [2.05, 4.69) is 45.0 Å². The molecular formula is C19H27N5O. The molecule has 134 valence electrons. The van der Waals surface area contributed by atoms with Gasteiger partial charge in [-0.1, -0.05) is 12.1 Å². The number of ether oxygens (including phenoxy) is 1. The minimum atomic E-state index is 0.416. The number of aliphatic imine (C=N–C) groups is 1. The standard InChI is InChI=1S/C19H27N5O/c1-20-19(22-13-10-18-4-2-15-25-18)21-12-9-16-5-7-17(8-6-16)24-14-3-11-23-24/h3,5-8,11,14,18H,2,4,9-10,12-13,15H2,1H3,(H2,20,21,22). The van der Waals surface area contributed by atoms with Crippen molar-refractivity contribution < 1.29 is 4.74 Å². The maximum absolute atomic E-state index is 5.64. The molecule has 3 rings (SSSR count). The summed E-state index contributed by atoms with van der Waals surface area (Å²) in [6.45, 7) is 2.65. The van der Waals surface area contributed by atoms with E-state index in [0.29, 0.717) is 6.10 Å². The van der Waals surface area contributed by atoms with E-state index in [1.807, 2.05) is 16.9 Å². The highest BCUT2D eigenvalue weighted by atomic mass is 16.5. The number of nitrogens with zero attached hydrogens (tertiary/aromatic N) is 3. The molecule has 1 aliphatic heterocycles. The molecule has 6 heteroatoms. The van der Waals surface area contributed by atoms with Gasteiger partial charge in [0.2, 0.25) is 0 Å². The largest absolute Gasteiger partial charge is 0.378 e. The SMILES string of the molecule is CN=C(NCCc1ccc(-n2cccn2)cc1)NCCC1CCCO1. The topological polar surface area (TPSA) is 63.5 Å². The Morgan fingerprint density at radius 1 is 1.28 bits per heavy atom. The maximum Gasteiger partial charge on any atom is 0.190 e. The van der Waals surface area contributed by atoms with E-state index in [9.17, 15) is 0 Å². The van der Waals surface area contributed by atoms with E-state index >= 15 is 0 Å². The van der Waals surface area contributed by atoms with Crippen molar-refractivity contribution in [3.63, 3.8) is 0 Å². The molecule has 1 aromatic carbocycles. The molecule has 0 bridgehead atoms. The summed E-state index contributed by atoms with van der Waals surface area (Å²) < 4.78 is 7.50. The van der Waals surface area contributed by atoms with Crippen molar-refractivity contribution in [1.29, 1.82) is 0 Å². The van der Waals surface area contributed by atoms with Crippen LogP contribution in [0.15, 0.2) is 47.7 Å². The van der Waals surface area contributed by atoms with Crippen molar-refractivity contribution in [2.45, 2.75) is 31.8 Å². The zero-order chi connectivity index (χ0) is 17.3. The van der Waals surface area contributed by atoms with Gasteiger partial charge < -0.3 is 15.4 Å². The van der Waals surface area contributed by atoms with Crippen LogP contribution in [-0.4, -0.2) is 48.6 Å². The van der Waals surface area contributed by atoms with Crippen LogP contribution >= 0.6 is 0 Å². The number of aromatic nitrogens is 2. The predicted molar refractivity (Wildman–Crippen MR) is 100 cm³/mol. The fraction of sp³-hybridized carbons (Fsp3) is 0.474. The summed E-state index contributed by atoms with van der Waals surface area (Å²) in [7, 11) is 1.81. The third kappa shape index (κ3) is 5.32. The van der Waals surface area contributed by atoms with E-state index in [4.69, 9.17) is 4.74 Å². The van der Waals surface area contributed by atoms with Crippen LogP contribution in [-0.2, 0) is 11.2 Å². The summed E-state index contributed by atoms with van der Waals surface area (Å²) in [6.07, 6.45) is 8.51. The molecule has 0 amide bonds. The predicted octanol–water partition coefficient (Wildman–Crippen LogP) is 2.15. The third-order valence-corrected chi connectivity index (χ3v) is 4.42. The van der Waals surface area contributed by atoms with Crippen molar-refractivity contribution in [3.8, 4) is 5.69 Å². The quantitative estimate of drug-likeness (QED) is 0.598. The van der Waals surface area contributed by atoms with Crippen LogP contribution in [0.5, 0.6) is 0 Å². The van der Waals surface area contributed by atoms with Gasteiger partial charge in [-0.15, -0.1) is 0 Å². The van der Waals surface area contributed by atoms with E-state index in [0.717, 1.165) is 44.2 Å². The van der Waals surface area contributed by atoms with Crippen molar-refractivity contribution in [3.05, 3.63) is 48.3 Å². The second kappa shape index (κ2) is 9.22. The Balaban J connectivity index is 1.37. The number of rotatable bonds is 7. The molecule has 1 saturated heterocycles. The number of benzene rings is 1. The molecule has 1 unspecified atom stereocenters. The lowest BCUT2D eigenvalue weighted by atomic mass is 10.1. The van der Waals surface area contributed by atoms with E-state index in [1.54, 1.807) is 13.2 Å². The molecule has 2 aromatic rings. The summed E-state index contributed by atoms with van der Waals surface area (Å²) >= 11 is 0. The van der Waals surface area contributed by atoms with Crippen LogP contribution in [0.2, 0.25) is 0 Å². The first kappa shape index (κ1) is 17.5. The second-order valence-electron chi connectivity index (χ2n) is 6.22. The number of hydrogen-bond donors (Lipinski definition) is 2. The van der Waals surface area contributed by atoms with Crippen molar-refractivity contribution in [2.24, 2.45) is 4.99 Å². The van der Waals surface area contributed by atoms with E-state index < -0.39 is 0 Å². The Morgan fingerprint density at radius 2 is 2.12 bits per heavy atom. The molecule has 0 spiro atoms. The zero-order valence-electron chi connectivity index (χ0n) is 14.8. The van der Waals surface area contributed by atoms with Crippen molar-refractivity contribution in [2.75, 3.05) is 26.7 Å². The van der Waals surface area contributed by atoms with Gasteiger partial charge in [-0.05, 0) is 49.4 Å². The monoisotopic (exact) mass is 341 g/mol. The number of guanidine groups is 1. The fourth-order valence-electron chi connectivity index (χ4n) is 3.01. The summed E-state index contributed by atoms with van der Waals surface area (Å²) in [5, 5.41) is 11.0. The first-order chi connectivity index (χ1) is 12.3. The smallest absolute Gasteiger partial charge is 0.190 e. The second-order valence-corrected chi connectivity index (χ2v) is 6.22. The van der Waals surface area contributed by atoms with Gasteiger partial charge in [-0.25, -0.2) is 4.68 Å². The highest BCUT2D eigenvalue weighted by Gasteiger charge is 2.14. The molecule has 1 fully saturated rings. The normalized spacial score (nSPS) is 17.6. The Hall–Kier alpha value is -2.34. The van der Waals surface area contributed by atoms with Crippen LogP contribution in [0, 0.1) is 0 Å². The maximum atomic E-state index is 5.64. The average Bonchev–Trinajstić information content (AvgIpc) is 3.35. The third-order valence-electron chi connectivity index (χ3n) is 4.42. The van der Waals surface area contributed by atoms with Crippen molar-refractivity contribution >= 4 is 5.96 Å². The van der Waals surface area contributed by atoms with Crippen LogP contribution < -0.4 is 10.6 Å². The summed E-state index contributed by atoms with van der Waals surface area (Å²) in [5.41, 5.74) is 2.37. The van der Waals surface area contributed by atoms with Crippen LogP contribution in [0.1, 0.15) is 24.8 Å². The van der Waals surface area contributed by atoms with Gasteiger partial charge in [0.15, 0.2) is 5.96 Å². The first-order valence-corrected chi connectivity index (χ1v) is 9.00. The van der Waals surface area contributed by atoms with Crippen LogP contribution in [0.3, 0.4) is 0 Å². The Morgan fingerprint density at radius 3 is 2.80 bits per heavy atom. The van der Waals surface area contributed by atoms with Crippen LogP contribution in [0.4, 0.5) is 0 Å². The van der Waals surface area contributed by atoms with Gasteiger partial charge in [0.05, 0.1) is 11.8 Å². The lowest BCUT2D eigenvalue weighted by Crippen LogP contribution is -2.39. The molecule has 1 aromatic heterocycles. The summed E-state index contributed by atoms with van der Waals surface area (Å²) in [5.74, 6) is 0.853. The molecule has 2 N–H and O–H groups in total. The van der Waals surface area contributed by atoms with Crippen molar-refractivity contribution in [1.82, 2.24) is 20.4 Å². The minimum Gasteiger partial charge on any atom is -0.378 e. The van der Waals surface area contributed by atoms with Gasteiger partial charge in [0, 0.05) is 39.1 Å². The molecule has 25 heavy (non-hydrogen) atoms. The molecule has 6 nitrogen and oxygen atoms in total. The van der Waals surface area contributed by atoms with Gasteiger partial charge in [-0.3, -0.25) is 4.99 Å². The molecule has 1 atom stereocenters. The lowest BCUT2D eigenvalue weighted by molar-refractivity contribution is 0.105. The highest BCUT2D eigenvalue weighted by Crippen LogP contribution is 2.14. The van der Waals surface area contributed by atoms with E-state index in [-0.39, 0.29) is 0 Å². The van der Waals surface area contributed by atoms with E-state index in [1.165, 1.54) is 18.4 Å². The number of hydrogen-bond acceptors (Lipinski definition) is 3. The van der Waals surface area contributed by atoms with Crippen LogP contribution in [0.25, 0.3) is 5.69 Å². The highest BCUT2D eigenvalue weighted by molar-refractivity contribution is 5.79. The molecule has 0 radical (unpaired) electrons. The average molecular weight is 341 g/mol. The van der Waals surface area contributed by atoms with Gasteiger partial charge in [-0.2, -0.15) is 5.10 Å². The molecular weight excluding hydrogens is 314 g/mol. The number of nitrogens with one attached hydrogen (secondary N) is 2. The van der Waals surface area contributed by atoms with Gasteiger partial charge in [0.1, 0.15) is 0 Å². The Labute approximate surface area is 149 Å². The Kier molecular flexibility index (Phi) is 6.45. The summed E-state index contributed by atoms with van der Waals surface area (Å²) in [6, 6.07) is 10.4.